The van der Waals surface area contributed by atoms with Crippen LogP contribution in [0.1, 0.15) is 34.2 Å². The lowest BCUT2D eigenvalue weighted by molar-refractivity contribution is 0.0991. The fourth-order valence-electron chi connectivity index (χ4n) is 1.93. The largest absolute Gasteiger partial charge is 0.294 e. The summed E-state index contributed by atoms with van der Waals surface area (Å²) in [5.74, 6) is 0.0850. The van der Waals surface area contributed by atoms with Crippen LogP contribution in [0.3, 0.4) is 0 Å². The number of halogens is 1. The van der Waals surface area contributed by atoms with Gasteiger partial charge in [-0.25, -0.2) is 0 Å². The van der Waals surface area contributed by atoms with E-state index in [4.69, 9.17) is 0 Å². The van der Waals surface area contributed by atoms with Crippen LogP contribution in [0, 0.1) is 6.92 Å². The van der Waals surface area contributed by atoms with Crippen molar-refractivity contribution in [3.63, 3.8) is 0 Å². The van der Waals surface area contributed by atoms with Gasteiger partial charge < -0.3 is 0 Å². The van der Waals surface area contributed by atoms with Crippen molar-refractivity contribution in [1.82, 2.24) is 10.2 Å². The monoisotopic (exact) mass is 318 g/mol. The van der Waals surface area contributed by atoms with Crippen molar-refractivity contribution in [1.29, 1.82) is 0 Å². The third-order valence-electron chi connectivity index (χ3n) is 2.94. The summed E-state index contributed by atoms with van der Waals surface area (Å²) < 4.78 is 0.958. The van der Waals surface area contributed by atoms with E-state index in [1.807, 2.05) is 44.2 Å². The molecule has 0 unspecified atom stereocenters. The zero-order valence-corrected chi connectivity index (χ0v) is 12.6. The molecule has 0 bridgehead atoms. The first-order valence-electron chi connectivity index (χ1n) is 6.21. The summed E-state index contributed by atoms with van der Waals surface area (Å²) in [6.45, 7) is 3.83. The molecule has 0 N–H and O–H groups in total. The van der Waals surface area contributed by atoms with E-state index in [0.29, 0.717) is 18.4 Å². The van der Waals surface area contributed by atoms with Crippen LogP contribution < -0.4 is 0 Å². The van der Waals surface area contributed by atoms with Gasteiger partial charge in [-0.3, -0.25) is 4.79 Å². The topological polar surface area (TPSA) is 42.9 Å². The van der Waals surface area contributed by atoms with E-state index in [2.05, 4.69) is 26.1 Å². The van der Waals surface area contributed by atoms with Gasteiger partial charge in [-0.1, -0.05) is 41.1 Å². The van der Waals surface area contributed by atoms with Crippen LogP contribution >= 0.6 is 15.9 Å². The van der Waals surface area contributed by atoms with Gasteiger partial charge in [0.15, 0.2) is 5.78 Å². The van der Waals surface area contributed by atoms with E-state index < -0.39 is 0 Å². The van der Waals surface area contributed by atoms with Crippen molar-refractivity contribution in [3.05, 3.63) is 57.3 Å². The van der Waals surface area contributed by atoms with Gasteiger partial charge >= 0.3 is 0 Å². The number of hydrogen-bond acceptors (Lipinski definition) is 3. The fourth-order valence-corrected chi connectivity index (χ4v) is 2.35. The Hall–Kier alpha value is -1.55. The Morgan fingerprint density at radius 2 is 2.00 bits per heavy atom. The molecule has 2 aromatic rings. The van der Waals surface area contributed by atoms with Crippen LogP contribution in [0.2, 0.25) is 0 Å². The number of carbonyl (C=O) groups is 1. The molecule has 1 heterocycles. The molecule has 0 saturated carbocycles. The SMILES string of the molecule is CCc1nnc(C)cc1C(=O)Cc1ccccc1Br. The second kappa shape index (κ2) is 6.06. The van der Waals surface area contributed by atoms with Crippen molar-refractivity contribution in [2.45, 2.75) is 26.7 Å². The molecule has 0 radical (unpaired) electrons. The third-order valence-corrected chi connectivity index (χ3v) is 3.71. The molecular weight excluding hydrogens is 304 g/mol. The Morgan fingerprint density at radius 3 is 2.68 bits per heavy atom. The van der Waals surface area contributed by atoms with Gasteiger partial charge in [-0.15, -0.1) is 0 Å². The Morgan fingerprint density at radius 1 is 1.26 bits per heavy atom. The molecule has 3 nitrogen and oxygen atoms in total. The van der Waals surface area contributed by atoms with Gasteiger partial charge in [-0.05, 0) is 31.0 Å². The maximum Gasteiger partial charge on any atom is 0.169 e. The first kappa shape index (κ1) is 13.9. The predicted molar refractivity (Wildman–Crippen MR) is 78.3 cm³/mol. The number of benzene rings is 1. The van der Waals surface area contributed by atoms with Crippen LogP contribution in [0.15, 0.2) is 34.8 Å². The first-order chi connectivity index (χ1) is 9.11. The van der Waals surface area contributed by atoms with E-state index >= 15 is 0 Å². The maximum atomic E-state index is 12.4. The van der Waals surface area contributed by atoms with E-state index in [1.165, 1.54) is 0 Å². The van der Waals surface area contributed by atoms with Crippen LogP contribution in [-0.2, 0) is 12.8 Å². The molecule has 4 heteroatoms. The lowest BCUT2D eigenvalue weighted by Crippen LogP contribution is -2.10. The van der Waals surface area contributed by atoms with Crippen LogP contribution in [0.4, 0.5) is 0 Å². The number of aryl methyl sites for hydroxylation is 2. The third kappa shape index (κ3) is 3.26. The van der Waals surface area contributed by atoms with Gasteiger partial charge in [0.25, 0.3) is 0 Å². The molecule has 0 atom stereocenters. The molecule has 0 saturated heterocycles. The molecule has 0 fully saturated rings. The summed E-state index contributed by atoms with van der Waals surface area (Å²) in [5.41, 5.74) is 3.21. The first-order valence-corrected chi connectivity index (χ1v) is 7.01. The number of aromatic nitrogens is 2. The molecule has 1 aromatic carbocycles. The highest BCUT2D eigenvalue weighted by Gasteiger charge is 2.14. The molecule has 1 aromatic heterocycles. The molecule has 0 aliphatic carbocycles. The van der Waals surface area contributed by atoms with Gasteiger partial charge in [0.1, 0.15) is 0 Å². The Labute approximate surface area is 121 Å². The molecule has 0 amide bonds. The summed E-state index contributed by atoms with van der Waals surface area (Å²) in [6.07, 6.45) is 1.09. The Kier molecular flexibility index (Phi) is 4.43. The Balaban J connectivity index is 2.30. The number of Topliss-reactive ketones (excluding diaryl/α,β-unsaturated/α-hetero) is 1. The molecule has 0 spiro atoms. The zero-order valence-electron chi connectivity index (χ0n) is 11.0. The lowest BCUT2D eigenvalue weighted by Gasteiger charge is -2.07. The van der Waals surface area contributed by atoms with Crippen molar-refractivity contribution in [2.24, 2.45) is 0 Å². The highest BCUT2D eigenvalue weighted by molar-refractivity contribution is 9.10. The molecule has 19 heavy (non-hydrogen) atoms. The maximum absolute atomic E-state index is 12.4. The zero-order chi connectivity index (χ0) is 13.8. The number of carbonyl (C=O) groups excluding carboxylic acids is 1. The molecule has 0 aliphatic rings. The summed E-state index contributed by atoms with van der Waals surface area (Å²) in [4.78, 5) is 12.4. The van der Waals surface area contributed by atoms with Gasteiger partial charge in [0.2, 0.25) is 0 Å². The quantitative estimate of drug-likeness (QED) is 0.810. The predicted octanol–water partition coefficient (Wildman–Crippen LogP) is 3.54. The van der Waals surface area contributed by atoms with E-state index in [1.54, 1.807) is 0 Å². The van der Waals surface area contributed by atoms with E-state index in [9.17, 15) is 4.79 Å². The fraction of sp³-hybridized carbons (Fsp3) is 0.267. The van der Waals surface area contributed by atoms with Gasteiger partial charge in [-0.2, -0.15) is 10.2 Å². The van der Waals surface area contributed by atoms with Crippen molar-refractivity contribution < 1.29 is 4.79 Å². The smallest absolute Gasteiger partial charge is 0.169 e. The minimum absolute atomic E-state index is 0.0850. The normalized spacial score (nSPS) is 10.5. The molecular formula is C15H15BrN2O. The number of hydrogen-bond donors (Lipinski definition) is 0. The number of nitrogens with zero attached hydrogens (tertiary/aromatic N) is 2. The van der Waals surface area contributed by atoms with Crippen molar-refractivity contribution >= 4 is 21.7 Å². The van der Waals surface area contributed by atoms with Gasteiger partial charge in [0, 0.05) is 16.5 Å². The highest BCUT2D eigenvalue weighted by atomic mass is 79.9. The molecule has 98 valence electrons. The molecule has 0 aliphatic heterocycles. The highest BCUT2D eigenvalue weighted by Crippen LogP contribution is 2.19. The van der Waals surface area contributed by atoms with Crippen LogP contribution in [0.5, 0.6) is 0 Å². The average Bonchev–Trinajstić information content (AvgIpc) is 2.41. The average molecular weight is 319 g/mol. The minimum Gasteiger partial charge on any atom is -0.294 e. The summed E-state index contributed by atoms with van der Waals surface area (Å²) >= 11 is 3.47. The Bertz CT molecular complexity index is 611. The van der Waals surface area contributed by atoms with Gasteiger partial charge in [0.05, 0.1) is 11.4 Å². The number of ketones is 1. The van der Waals surface area contributed by atoms with Crippen molar-refractivity contribution in [3.8, 4) is 0 Å². The summed E-state index contributed by atoms with van der Waals surface area (Å²) in [5, 5.41) is 8.11. The second-order valence-corrected chi connectivity index (χ2v) is 5.25. The van der Waals surface area contributed by atoms with Crippen molar-refractivity contribution in [2.75, 3.05) is 0 Å². The van der Waals surface area contributed by atoms with E-state index in [0.717, 1.165) is 21.4 Å². The summed E-state index contributed by atoms with van der Waals surface area (Å²) in [6, 6.07) is 9.59. The van der Waals surface area contributed by atoms with E-state index in [-0.39, 0.29) is 5.78 Å². The lowest BCUT2D eigenvalue weighted by atomic mass is 10.0. The number of rotatable bonds is 4. The second-order valence-electron chi connectivity index (χ2n) is 4.39. The van der Waals surface area contributed by atoms with Crippen LogP contribution in [-0.4, -0.2) is 16.0 Å². The standard InChI is InChI=1S/C15H15BrN2O/c1-3-14-12(8-10(2)17-18-14)15(19)9-11-6-4-5-7-13(11)16/h4-8H,3,9H2,1-2H3. The summed E-state index contributed by atoms with van der Waals surface area (Å²) in [7, 11) is 0. The molecule has 2 rings (SSSR count). The minimum atomic E-state index is 0.0850. The van der Waals surface area contributed by atoms with Crippen LogP contribution in [0.25, 0.3) is 0 Å².